The number of rotatable bonds is 8. The highest BCUT2D eigenvalue weighted by molar-refractivity contribution is 5.21. The first-order valence-electron chi connectivity index (χ1n) is 7.47. The van der Waals surface area contributed by atoms with Crippen molar-refractivity contribution in [2.24, 2.45) is 0 Å². The largest absolute Gasteiger partial charge is 0.311 e. The molecule has 1 rings (SSSR count). The van der Waals surface area contributed by atoms with E-state index in [0.29, 0.717) is 12.1 Å². The number of hydrogen-bond donors (Lipinski definition) is 1. The van der Waals surface area contributed by atoms with E-state index in [0.717, 1.165) is 6.42 Å². The van der Waals surface area contributed by atoms with Gasteiger partial charge in [0.15, 0.2) is 0 Å². The molecule has 0 saturated heterocycles. The number of nitrogens with one attached hydrogen (secondary N) is 1. The zero-order valence-electron chi connectivity index (χ0n) is 12.5. The molecule has 1 unspecified atom stereocenters. The Morgan fingerprint density at radius 2 is 1.56 bits per heavy atom. The van der Waals surface area contributed by atoms with Gasteiger partial charge in [0.25, 0.3) is 0 Å². The summed E-state index contributed by atoms with van der Waals surface area (Å²) < 4.78 is 0. The second kappa shape index (κ2) is 8.31. The van der Waals surface area contributed by atoms with Gasteiger partial charge in [-0.1, -0.05) is 56.5 Å². The Morgan fingerprint density at radius 1 is 1.00 bits per heavy atom. The molecule has 102 valence electrons. The molecule has 1 heteroatoms. The van der Waals surface area contributed by atoms with E-state index in [2.05, 4.69) is 57.3 Å². The second-order valence-corrected chi connectivity index (χ2v) is 5.53. The van der Waals surface area contributed by atoms with E-state index in [1.807, 2.05) is 0 Å². The van der Waals surface area contributed by atoms with Gasteiger partial charge in [0.2, 0.25) is 0 Å². The van der Waals surface area contributed by atoms with Gasteiger partial charge < -0.3 is 5.32 Å². The quantitative estimate of drug-likeness (QED) is 0.714. The molecular formula is C17H29N. The maximum atomic E-state index is 3.78. The van der Waals surface area contributed by atoms with E-state index in [4.69, 9.17) is 0 Å². The maximum absolute atomic E-state index is 3.78. The summed E-state index contributed by atoms with van der Waals surface area (Å²) >= 11 is 0. The monoisotopic (exact) mass is 247 g/mol. The summed E-state index contributed by atoms with van der Waals surface area (Å²) in [5, 5.41) is 3.78. The number of benzene rings is 1. The third kappa shape index (κ3) is 5.68. The summed E-state index contributed by atoms with van der Waals surface area (Å²) in [6.07, 6.45) is 6.27. The Bertz CT molecular complexity index is 309. The van der Waals surface area contributed by atoms with E-state index >= 15 is 0 Å². The fraction of sp³-hybridized carbons (Fsp3) is 0.647. The van der Waals surface area contributed by atoms with Crippen molar-refractivity contribution in [3.05, 3.63) is 35.4 Å². The zero-order chi connectivity index (χ0) is 13.4. The summed E-state index contributed by atoms with van der Waals surface area (Å²) in [5.41, 5.74) is 2.78. The average molecular weight is 247 g/mol. The van der Waals surface area contributed by atoms with Crippen molar-refractivity contribution in [1.82, 2.24) is 5.32 Å². The highest BCUT2D eigenvalue weighted by Gasteiger charge is 2.10. The lowest BCUT2D eigenvalue weighted by molar-refractivity contribution is 0.395. The molecule has 1 N–H and O–H groups in total. The highest BCUT2D eigenvalue weighted by Crippen LogP contribution is 2.09. The molecule has 18 heavy (non-hydrogen) atoms. The molecule has 0 amide bonds. The predicted molar refractivity (Wildman–Crippen MR) is 81.1 cm³/mol. The summed E-state index contributed by atoms with van der Waals surface area (Å²) in [4.78, 5) is 0. The van der Waals surface area contributed by atoms with Gasteiger partial charge in [0.05, 0.1) is 0 Å². The van der Waals surface area contributed by atoms with Crippen LogP contribution < -0.4 is 5.32 Å². The van der Waals surface area contributed by atoms with Gasteiger partial charge >= 0.3 is 0 Å². The molecule has 0 heterocycles. The number of aryl methyl sites for hydroxylation is 1. The molecule has 0 aliphatic heterocycles. The normalized spacial score (nSPS) is 12.9. The Labute approximate surface area is 113 Å². The topological polar surface area (TPSA) is 12.0 Å². The van der Waals surface area contributed by atoms with Gasteiger partial charge in [-0.3, -0.25) is 0 Å². The number of hydrogen-bond acceptors (Lipinski definition) is 1. The molecule has 0 aromatic heterocycles. The molecule has 1 aromatic carbocycles. The molecule has 0 saturated carbocycles. The van der Waals surface area contributed by atoms with Crippen LogP contribution in [0.4, 0.5) is 0 Å². The molecule has 0 aliphatic carbocycles. The minimum absolute atomic E-state index is 0.566. The van der Waals surface area contributed by atoms with E-state index in [-0.39, 0.29) is 0 Å². The average Bonchev–Trinajstić information content (AvgIpc) is 2.33. The van der Waals surface area contributed by atoms with Gasteiger partial charge in [0.1, 0.15) is 0 Å². The maximum Gasteiger partial charge on any atom is 0.00817 e. The van der Waals surface area contributed by atoms with Crippen molar-refractivity contribution in [2.45, 2.75) is 71.9 Å². The Kier molecular flexibility index (Phi) is 7.04. The van der Waals surface area contributed by atoms with E-state index in [1.54, 1.807) is 0 Å². The zero-order valence-corrected chi connectivity index (χ0v) is 12.5. The van der Waals surface area contributed by atoms with Crippen LogP contribution in [0, 0.1) is 6.92 Å². The Balaban J connectivity index is 2.43. The van der Waals surface area contributed by atoms with Crippen molar-refractivity contribution in [1.29, 1.82) is 0 Å². The molecule has 0 radical (unpaired) electrons. The second-order valence-electron chi connectivity index (χ2n) is 5.53. The minimum atomic E-state index is 0.566. The van der Waals surface area contributed by atoms with Crippen LogP contribution in [0.15, 0.2) is 24.3 Å². The smallest absolute Gasteiger partial charge is 0.00817 e. The van der Waals surface area contributed by atoms with E-state index in [1.165, 1.54) is 36.8 Å². The first-order chi connectivity index (χ1) is 8.65. The van der Waals surface area contributed by atoms with Gasteiger partial charge in [0, 0.05) is 12.1 Å². The van der Waals surface area contributed by atoms with Crippen molar-refractivity contribution in [3.63, 3.8) is 0 Å². The molecule has 0 fully saturated rings. The van der Waals surface area contributed by atoms with Crippen molar-refractivity contribution >= 4 is 0 Å². The van der Waals surface area contributed by atoms with Crippen LogP contribution >= 0.6 is 0 Å². The lowest BCUT2D eigenvalue weighted by Gasteiger charge is -2.23. The van der Waals surface area contributed by atoms with Gasteiger partial charge in [-0.05, 0) is 38.7 Å². The summed E-state index contributed by atoms with van der Waals surface area (Å²) in [5.74, 6) is 0. The molecule has 1 nitrogen and oxygen atoms in total. The van der Waals surface area contributed by atoms with Crippen molar-refractivity contribution in [2.75, 3.05) is 0 Å². The van der Waals surface area contributed by atoms with Crippen LogP contribution in [0.2, 0.25) is 0 Å². The van der Waals surface area contributed by atoms with Crippen LogP contribution in [0.1, 0.15) is 57.6 Å². The summed E-state index contributed by atoms with van der Waals surface area (Å²) in [7, 11) is 0. The Hall–Kier alpha value is -0.820. The molecule has 0 bridgehead atoms. The molecule has 1 aromatic rings. The molecular weight excluding hydrogens is 218 g/mol. The van der Waals surface area contributed by atoms with Crippen LogP contribution in [-0.2, 0) is 6.42 Å². The fourth-order valence-electron chi connectivity index (χ4n) is 2.55. The minimum Gasteiger partial charge on any atom is -0.311 e. The van der Waals surface area contributed by atoms with Crippen LogP contribution in [-0.4, -0.2) is 12.1 Å². The first-order valence-corrected chi connectivity index (χ1v) is 7.47. The van der Waals surface area contributed by atoms with Gasteiger partial charge in [-0.2, -0.15) is 0 Å². The molecule has 1 atom stereocenters. The highest BCUT2D eigenvalue weighted by atomic mass is 14.9. The van der Waals surface area contributed by atoms with Crippen LogP contribution in [0.25, 0.3) is 0 Å². The lowest BCUT2D eigenvalue weighted by atomic mass is 10.0. The first kappa shape index (κ1) is 15.2. The Morgan fingerprint density at radius 3 is 2.06 bits per heavy atom. The third-order valence-corrected chi connectivity index (χ3v) is 3.46. The lowest BCUT2D eigenvalue weighted by Crippen LogP contribution is -2.37. The summed E-state index contributed by atoms with van der Waals surface area (Å²) in [6.45, 7) is 8.99. The van der Waals surface area contributed by atoms with Gasteiger partial charge in [-0.15, -0.1) is 0 Å². The standard InChI is InChI=1S/C17H29N/c1-5-7-17(8-6-2)18-15(4)13-16-11-9-14(3)10-12-16/h9-12,15,17-18H,5-8,13H2,1-4H3. The fourth-order valence-corrected chi connectivity index (χ4v) is 2.55. The van der Waals surface area contributed by atoms with E-state index in [9.17, 15) is 0 Å². The van der Waals surface area contributed by atoms with Gasteiger partial charge in [-0.25, -0.2) is 0 Å². The molecule has 0 spiro atoms. The molecule has 0 aliphatic rings. The SMILES string of the molecule is CCCC(CCC)NC(C)Cc1ccc(C)cc1. The summed E-state index contributed by atoms with van der Waals surface area (Å²) in [6, 6.07) is 10.2. The van der Waals surface area contributed by atoms with Crippen LogP contribution in [0.5, 0.6) is 0 Å². The van der Waals surface area contributed by atoms with E-state index < -0.39 is 0 Å². The third-order valence-electron chi connectivity index (χ3n) is 3.46. The van der Waals surface area contributed by atoms with Crippen molar-refractivity contribution < 1.29 is 0 Å². The van der Waals surface area contributed by atoms with Crippen LogP contribution in [0.3, 0.4) is 0 Å². The predicted octanol–water partition coefficient (Wildman–Crippen LogP) is 4.48. The van der Waals surface area contributed by atoms with Crippen molar-refractivity contribution in [3.8, 4) is 0 Å².